The summed E-state index contributed by atoms with van der Waals surface area (Å²) in [5.74, 6) is -0.280. The zero-order chi connectivity index (χ0) is 23.3. The Balaban J connectivity index is 1.34. The third-order valence-corrected chi connectivity index (χ3v) is 8.05. The Kier molecular flexibility index (Phi) is 7.80. The zero-order valence-electron chi connectivity index (χ0n) is 19.3. The minimum Gasteiger partial charge on any atom is -0.348 e. The van der Waals surface area contributed by atoms with Crippen molar-refractivity contribution >= 4 is 15.9 Å². The van der Waals surface area contributed by atoms with Crippen molar-refractivity contribution in [3.63, 3.8) is 0 Å². The van der Waals surface area contributed by atoms with Crippen LogP contribution in [0.4, 0.5) is 0 Å². The number of carbonyl (C=O) groups is 1. The topological polar surface area (TPSA) is 81.8 Å². The standard InChI is InChI=1S/C25H34N4O3S/c1-28-12-14-29(15-13-28)19-21-7-4-6-20(16-21)18-26-25(30)22-8-5-11-24(17-22)33(31,32)27-23-9-2-3-10-23/h4-8,11,16-17,23,27H,2-3,9-10,12-15,18-19H2,1H3,(H,26,30). The van der Waals surface area contributed by atoms with Crippen LogP contribution >= 0.6 is 0 Å². The van der Waals surface area contributed by atoms with E-state index in [0.29, 0.717) is 12.1 Å². The molecule has 1 saturated heterocycles. The first-order valence-corrected chi connectivity index (χ1v) is 13.3. The van der Waals surface area contributed by atoms with Gasteiger partial charge >= 0.3 is 0 Å². The van der Waals surface area contributed by atoms with Crippen LogP contribution in [0.25, 0.3) is 0 Å². The molecule has 2 aromatic carbocycles. The van der Waals surface area contributed by atoms with E-state index in [1.54, 1.807) is 12.1 Å². The molecular weight excluding hydrogens is 436 g/mol. The summed E-state index contributed by atoms with van der Waals surface area (Å²) in [5, 5.41) is 2.93. The average molecular weight is 471 g/mol. The first-order valence-electron chi connectivity index (χ1n) is 11.8. The molecular formula is C25H34N4O3S. The Morgan fingerprint density at radius 1 is 0.970 bits per heavy atom. The number of hydrogen-bond acceptors (Lipinski definition) is 5. The highest BCUT2D eigenvalue weighted by atomic mass is 32.2. The van der Waals surface area contributed by atoms with Crippen LogP contribution in [0.5, 0.6) is 0 Å². The van der Waals surface area contributed by atoms with Crippen LogP contribution < -0.4 is 10.0 Å². The molecule has 0 unspecified atom stereocenters. The number of amides is 1. The molecule has 0 atom stereocenters. The van der Waals surface area contributed by atoms with Gasteiger partial charge < -0.3 is 10.2 Å². The fourth-order valence-electron chi connectivity index (χ4n) is 4.52. The van der Waals surface area contributed by atoms with E-state index in [4.69, 9.17) is 0 Å². The van der Waals surface area contributed by atoms with Crippen molar-refractivity contribution in [1.82, 2.24) is 19.8 Å². The second-order valence-electron chi connectivity index (χ2n) is 9.21. The van der Waals surface area contributed by atoms with E-state index in [0.717, 1.165) is 64.0 Å². The number of sulfonamides is 1. The Morgan fingerprint density at radius 2 is 1.67 bits per heavy atom. The van der Waals surface area contributed by atoms with Gasteiger partial charge in [-0.2, -0.15) is 0 Å². The Bertz CT molecular complexity index is 1060. The number of likely N-dealkylation sites (N-methyl/N-ethyl adjacent to an activating group) is 1. The predicted octanol–water partition coefficient (Wildman–Crippen LogP) is 2.58. The SMILES string of the molecule is CN1CCN(Cc2cccc(CNC(=O)c3cccc(S(=O)(=O)NC4CCCC4)c3)c2)CC1. The largest absolute Gasteiger partial charge is 0.348 e. The Labute approximate surface area is 197 Å². The van der Waals surface area contributed by atoms with E-state index in [9.17, 15) is 13.2 Å². The summed E-state index contributed by atoms with van der Waals surface area (Å²) in [6.07, 6.45) is 3.83. The quantitative estimate of drug-likeness (QED) is 0.620. The highest BCUT2D eigenvalue weighted by molar-refractivity contribution is 7.89. The molecule has 178 valence electrons. The number of rotatable bonds is 8. The maximum Gasteiger partial charge on any atom is 0.251 e. The van der Waals surface area contributed by atoms with Gasteiger partial charge in [0.25, 0.3) is 5.91 Å². The summed E-state index contributed by atoms with van der Waals surface area (Å²) in [4.78, 5) is 17.7. The third-order valence-electron chi connectivity index (χ3n) is 6.53. The molecule has 2 fully saturated rings. The molecule has 7 nitrogen and oxygen atoms in total. The van der Waals surface area contributed by atoms with Gasteiger partial charge in [0.15, 0.2) is 0 Å². The maximum absolute atomic E-state index is 12.7. The number of benzene rings is 2. The van der Waals surface area contributed by atoms with Crippen molar-refractivity contribution in [2.45, 2.75) is 49.7 Å². The summed E-state index contributed by atoms with van der Waals surface area (Å²) in [7, 11) is -1.48. The molecule has 0 spiro atoms. The van der Waals surface area contributed by atoms with E-state index in [-0.39, 0.29) is 16.8 Å². The van der Waals surface area contributed by atoms with E-state index in [1.165, 1.54) is 17.7 Å². The predicted molar refractivity (Wildman–Crippen MR) is 129 cm³/mol. The van der Waals surface area contributed by atoms with Crippen LogP contribution in [-0.4, -0.2) is 63.4 Å². The van der Waals surface area contributed by atoms with Crippen LogP contribution in [0.3, 0.4) is 0 Å². The highest BCUT2D eigenvalue weighted by Gasteiger charge is 2.23. The van der Waals surface area contributed by atoms with Gasteiger partial charge in [-0.1, -0.05) is 43.2 Å². The molecule has 4 rings (SSSR count). The van der Waals surface area contributed by atoms with E-state index >= 15 is 0 Å². The van der Waals surface area contributed by atoms with Gasteiger partial charge in [0.2, 0.25) is 10.0 Å². The monoisotopic (exact) mass is 470 g/mol. The van der Waals surface area contributed by atoms with Crippen molar-refractivity contribution in [1.29, 1.82) is 0 Å². The second kappa shape index (κ2) is 10.8. The molecule has 1 heterocycles. The first kappa shape index (κ1) is 23.9. The van der Waals surface area contributed by atoms with E-state index < -0.39 is 10.0 Å². The van der Waals surface area contributed by atoms with Crippen molar-refractivity contribution in [3.05, 3.63) is 65.2 Å². The number of nitrogens with one attached hydrogen (secondary N) is 2. The molecule has 8 heteroatoms. The van der Waals surface area contributed by atoms with E-state index in [2.05, 4.69) is 39.0 Å². The Hall–Kier alpha value is -2.26. The van der Waals surface area contributed by atoms with E-state index in [1.807, 2.05) is 12.1 Å². The second-order valence-corrected chi connectivity index (χ2v) is 10.9. The van der Waals surface area contributed by atoms with Gasteiger partial charge in [-0.3, -0.25) is 9.69 Å². The van der Waals surface area contributed by atoms with Crippen LogP contribution in [0.15, 0.2) is 53.4 Å². The first-order chi connectivity index (χ1) is 15.9. The summed E-state index contributed by atoms with van der Waals surface area (Å²) < 4.78 is 28.2. The normalized spacial score (nSPS) is 18.5. The summed E-state index contributed by atoms with van der Waals surface area (Å²) in [5.41, 5.74) is 2.61. The molecule has 2 N–H and O–H groups in total. The summed E-state index contributed by atoms with van der Waals surface area (Å²) in [6, 6.07) is 14.5. The molecule has 2 aromatic rings. The lowest BCUT2D eigenvalue weighted by atomic mass is 10.1. The van der Waals surface area contributed by atoms with Crippen molar-refractivity contribution < 1.29 is 13.2 Å². The summed E-state index contributed by atoms with van der Waals surface area (Å²) in [6.45, 7) is 5.59. The molecule has 1 amide bonds. The van der Waals surface area contributed by atoms with Gasteiger partial charge in [0.1, 0.15) is 0 Å². The lowest BCUT2D eigenvalue weighted by molar-refractivity contribution is 0.0950. The van der Waals surface area contributed by atoms with Crippen molar-refractivity contribution in [2.75, 3.05) is 33.2 Å². The van der Waals surface area contributed by atoms with Crippen molar-refractivity contribution in [3.8, 4) is 0 Å². The lowest BCUT2D eigenvalue weighted by Gasteiger charge is -2.32. The number of hydrogen-bond donors (Lipinski definition) is 2. The molecule has 1 aliphatic heterocycles. The number of piperazine rings is 1. The molecule has 33 heavy (non-hydrogen) atoms. The number of carbonyl (C=O) groups excluding carboxylic acids is 1. The van der Waals surface area contributed by atoms with Gasteiger partial charge in [-0.05, 0) is 49.2 Å². The van der Waals surface area contributed by atoms with Crippen LogP contribution in [0.1, 0.15) is 47.2 Å². The number of nitrogens with zero attached hydrogens (tertiary/aromatic N) is 2. The Morgan fingerprint density at radius 3 is 2.42 bits per heavy atom. The van der Waals surface area contributed by atoms with Gasteiger partial charge in [-0.25, -0.2) is 13.1 Å². The average Bonchev–Trinajstić information content (AvgIpc) is 3.32. The van der Waals surface area contributed by atoms with Gasteiger partial charge in [-0.15, -0.1) is 0 Å². The molecule has 2 aliphatic rings. The molecule has 1 aliphatic carbocycles. The van der Waals surface area contributed by atoms with Crippen LogP contribution in [-0.2, 0) is 23.1 Å². The molecule has 0 aromatic heterocycles. The van der Waals surface area contributed by atoms with Crippen LogP contribution in [0.2, 0.25) is 0 Å². The third kappa shape index (κ3) is 6.63. The minimum atomic E-state index is -3.63. The smallest absolute Gasteiger partial charge is 0.251 e. The molecule has 0 bridgehead atoms. The van der Waals surface area contributed by atoms with Crippen LogP contribution in [0, 0.1) is 0 Å². The molecule has 1 saturated carbocycles. The molecule has 0 radical (unpaired) electrons. The fraction of sp³-hybridized carbons (Fsp3) is 0.480. The van der Waals surface area contributed by atoms with Gasteiger partial charge in [0, 0.05) is 50.9 Å². The maximum atomic E-state index is 12.7. The minimum absolute atomic E-state index is 0.00870. The lowest BCUT2D eigenvalue weighted by Crippen LogP contribution is -2.43. The fourth-order valence-corrected chi connectivity index (χ4v) is 5.87. The highest BCUT2D eigenvalue weighted by Crippen LogP contribution is 2.21. The zero-order valence-corrected chi connectivity index (χ0v) is 20.1. The van der Waals surface area contributed by atoms with Gasteiger partial charge in [0.05, 0.1) is 4.90 Å². The summed E-state index contributed by atoms with van der Waals surface area (Å²) >= 11 is 0. The van der Waals surface area contributed by atoms with Crippen molar-refractivity contribution in [2.24, 2.45) is 0 Å².